The third-order valence-electron chi connectivity index (χ3n) is 2.66. The number of methoxy groups -OCH3 is 1. The van der Waals surface area contributed by atoms with Crippen LogP contribution >= 0.6 is 15.9 Å². The van der Waals surface area contributed by atoms with E-state index in [4.69, 9.17) is 10.00 Å². The highest BCUT2D eigenvalue weighted by molar-refractivity contribution is 9.10. The van der Waals surface area contributed by atoms with Gasteiger partial charge in [0.15, 0.2) is 0 Å². The van der Waals surface area contributed by atoms with Gasteiger partial charge in [0.2, 0.25) is 0 Å². The standard InChI is InChI=1S/C14H11BrN2O3S/c1-20-13-6-5-11(15)8-14(13)21(18,19)17-12-4-2-3-10(7-12)9-16/h2-8,17H,1H3. The Balaban J connectivity index is 2.43. The number of halogens is 1. The number of hydrogen-bond acceptors (Lipinski definition) is 4. The molecule has 21 heavy (non-hydrogen) atoms. The molecule has 0 saturated carbocycles. The fraction of sp³-hybridized carbons (Fsp3) is 0.0714. The zero-order valence-corrected chi connectivity index (χ0v) is 13.4. The predicted molar refractivity (Wildman–Crippen MR) is 82.7 cm³/mol. The molecule has 0 aromatic heterocycles. The van der Waals surface area contributed by atoms with E-state index < -0.39 is 10.0 Å². The Labute approximate surface area is 131 Å². The molecule has 0 aliphatic heterocycles. The lowest BCUT2D eigenvalue weighted by Crippen LogP contribution is -2.14. The van der Waals surface area contributed by atoms with E-state index in [1.807, 2.05) is 6.07 Å². The summed E-state index contributed by atoms with van der Waals surface area (Å²) in [5, 5.41) is 8.84. The van der Waals surface area contributed by atoms with Crippen LogP contribution in [0.15, 0.2) is 51.8 Å². The number of rotatable bonds is 4. The summed E-state index contributed by atoms with van der Waals surface area (Å²) in [6.45, 7) is 0. The van der Waals surface area contributed by atoms with Gasteiger partial charge in [0.25, 0.3) is 10.0 Å². The number of nitrogens with zero attached hydrogens (tertiary/aromatic N) is 1. The summed E-state index contributed by atoms with van der Waals surface area (Å²) in [6.07, 6.45) is 0. The minimum absolute atomic E-state index is 0.0155. The topological polar surface area (TPSA) is 79.2 Å². The lowest BCUT2D eigenvalue weighted by atomic mass is 10.2. The Morgan fingerprint density at radius 2 is 2.00 bits per heavy atom. The number of sulfonamides is 1. The van der Waals surface area contributed by atoms with Crippen molar-refractivity contribution in [2.45, 2.75) is 4.90 Å². The number of ether oxygens (including phenoxy) is 1. The maximum absolute atomic E-state index is 12.4. The smallest absolute Gasteiger partial charge is 0.265 e. The van der Waals surface area contributed by atoms with Crippen molar-refractivity contribution in [1.29, 1.82) is 5.26 Å². The van der Waals surface area contributed by atoms with Gasteiger partial charge in [-0.1, -0.05) is 22.0 Å². The van der Waals surface area contributed by atoms with E-state index in [1.165, 1.54) is 19.2 Å². The molecule has 0 aliphatic rings. The summed E-state index contributed by atoms with van der Waals surface area (Å²) in [7, 11) is -2.42. The maximum Gasteiger partial charge on any atom is 0.265 e. The van der Waals surface area contributed by atoms with Gasteiger partial charge in [-0.25, -0.2) is 8.42 Å². The van der Waals surface area contributed by atoms with Crippen LogP contribution in [0, 0.1) is 11.3 Å². The molecule has 0 amide bonds. The summed E-state index contributed by atoms with van der Waals surface area (Å²) in [5.41, 5.74) is 0.687. The molecule has 0 atom stereocenters. The first-order chi connectivity index (χ1) is 9.96. The van der Waals surface area contributed by atoms with Crippen molar-refractivity contribution in [1.82, 2.24) is 0 Å². The van der Waals surface area contributed by atoms with Crippen molar-refractivity contribution < 1.29 is 13.2 Å². The molecule has 0 spiro atoms. The zero-order valence-electron chi connectivity index (χ0n) is 11.0. The first kappa shape index (κ1) is 15.4. The Bertz CT molecular complexity index is 813. The van der Waals surface area contributed by atoms with Crippen molar-refractivity contribution in [2.75, 3.05) is 11.8 Å². The second-order valence-electron chi connectivity index (χ2n) is 4.09. The van der Waals surface area contributed by atoms with E-state index in [1.54, 1.807) is 30.3 Å². The molecule has 0 saturated heterocycles. The average Bonchev–Trinajstić information content (AvgIpc) is 2.47. The second kappa shape index (κ2) is 6.16. The fourth-order valence-electron chi connectivity index (χ4n) is 1.72. The van der Waals surface area contributed by atoms with Crippen LogP contribution < -0.4 is 9.46 Å². The van der Waals surface area contributed by atoms with Gasteiger partial charge in [0, 0.05) is 4.47 Å². The van der Waals surface area contributed by atoms with Gasteiger partial charge in [0.05, 0.1) is 24.4 Å². The summed E-state index contributed by atoms with van der Waals surface area (Å²) >= 11 is 3.24. The molecule has 0 bridgehead atoms. The molecular weight excluding hydrogens is 356 g/mol. The van der Waals surface area contributed by atoms with Gasteiger partial charge < -0.3 is 4.74 Å². The Kier molecular flexibility index (Phi) is 4.50. The van der Waals surface area contributed by atoms with Crippen molar-refractivity contribution >= 4 is 31.6 Å². The summed E-state index contributed by atoms with van der Waals surface area (Å²) in [4.78, 5) is 0.0155. The van der Waals surface area contributed by atoms with Gasteiger partial charge >= 0.3 is 0 Å². The van der Waals surface area contributed by atoms with Crippen LogP contribution in [0.2, 0.25) is 0 Å². The van der Waals surface area contributed by atoms with E-state index in [2.05, 4.69) is 20.7 Å². The first-order valence-electron chi connectivity index (χ1n) is 5.83. The minimum Gasteiger partial charge on any atom is -0.495 e. The number of benzene rings is 2. The van der Waals surface area contributed by atoms with E-state index in [0.29, 0.717) is 15.7 Å². The molecule has 0 unspecified atom stereocenters. The monoisotopic (exact) mass is 366 g/mol. The third-order valence-corrected chi connectivity index (χ3v) is 4.55. The second-order valence-corrected chi connectivity index (χ2v) is 6.66. The largest absolute Gasteiger partial charge is 0.495 e. The summed E-state index contributed by atoms with van der Waals surface area (Å²) in [5.74, 6) is 0.238. The average molecular weight is 367 g/mol. The van der Waals surface area contributed by atoms with Crippen molar-refractivity contribution in [3.63, 3.8) is 0 Å². The Morgan fingerprint density at radius 1 is 1.24 bits per heavy atom. The summed E-state index contributed by atoms with van der Waals surface area (Å²) < 4.78 is 33.0. The molecule has 5 nitrogen and oxygen atoms in total. The molecule has 2 aromatic carbocycles. The highest BCUT2D eigenvalue weighted by Gasteiger charge is 2.20. The van der Waals surface area contributed by atoms with Gasteiger partial charge in [-0.05, 0) is 36.4 Å². The van der Waals surface area contributed by atoms with E-state index in [-0.39, 0.29) is 10.6 Å². The van der Waals surface area contributed by atoms with Gasteiger partial charge in [-0.15, -0.1) is 0 Å². The molecule has 2 rings (SSSR count). The van der Waals surface area contributed by atoms with Crippen LogP contribution in [0.5, 0.6) is 5.75 Å². The van der Waals surface area contributed by atoms with Crippen LogP contribution in [-0.2, 0) is 10.0 Å². The molecule has 0 aliphatic carbocycles. The number of anilines is 1. The van der Waals surface area contributed by atoms with Crippen LogP contribution in [-0.4, -0.2) is 15.5 Å². The molecular formula is C14H11BrN2O3S. The highest BCUT2D eigenvalue weighted by Crippen LogP contribution is 2.28. The van der Waals surface area contributed by atoms with Crippen molar-refractivity contribution in [3.8, 4) is 11.8 Å². The molecule has 0 radical (unpaired) electrons. The van der Waals surface area contributed by atoms with E-state index >= 15 is 0 Å². The van der Waals surface area contributed by atoms with Gasteiger partial charge in [-0.2, -0.15) is 5.26 Å². The van der Waals surface area contributed by atoms with Crippen LogP contribution in [0.4, 0.5) is 5.69 Å². The highest BCUT2D eigenvalue weighted by atomic mass is 79.9. The molecule has 0 heterocycles. The quantitative estimate of drug-likeness (QED) is 0.901. The van der Waals surface area contributed by atoms with Gasteiger partial charge in [-0.3, -0.25) is 4.72 Å². The Morgan fingerprint density at radius 3 is 2.67 bits per heavy atom. The van der Waals surface area contributed by atoms with Crippen LogP contribution in [0.1, 0.15) is 5.56 Å². The van der Waals surface area contributed by atoms with Crippen LogP contribution in [0.25, 0.3) is 0 Å². The molecule has 0 fully saturated rings. The van der Waals surface area contributed by atoms with Crippen molar-refractivity contribution in [3.05, 3.63) is 52.5 Å². The van der Waals surface area contributed by atoms with Crippen LogP contribution in [0.3, 0.4) is 0 Å². The minimum atomic E-state index is -3.82. The molecule has 7 heteroatoms. The molecule has 108 valence electrons. The summed E-state index contributed by atoms with van der Waals surface area (Å²) in [6, 6.07) is 12.9. The lowest BCUT2D eigenvalue weighted by Gasteiger charge is -2.12. The predicted octanol–water partition coefficient (Wildman–Crippen LogP) is 3.13. The van der Waals surface area contributed by atoms with E-state index in [9.17, 15) is 8.42 Å². The SMILES string of the molecule is COc1ccc(Br)cc1S(=O)(=O)Nc1cccc(C#N)c1. The van der Waals surface area contributed by atoms with E-state index in [0.717, 1.165) is 0 Å². The van der Waals surface area contributed by atoms with Crippen molar-refractivity contribution in [2.24, 2.45) is 0 Å². The Hall–Kier alpha value is -2.04. The third kappa shape index (κ3) is 3.54. The molecule has 1 N–H and O–H groups in total. The number of hydrogen-bond donors (Lipinski definition) is 1. The number of nitrogens with one attached hydrogen (secondary N) is 1. The zero-order chi connectivity index (χ0) is 15.5. The van der Waals surface area contributed by atoms with Gasteiger partial charge in [0.1, 0.15) is 10.6 Å². The lowest BCUT2D eigenvalue weighted by molar-refractivity contribution is 0.403. The first-order valence-corrected chi connectivity index (χ1v) is 8.10. The maximum atomic E-state index is 12.4. The normalized spacial score (nSPS) is 10.7. The molecule has 2 aromatic rings. The number of nitriles is 1. The fourth-order valence-corrected chi connectivity index (χ4v) is 3.48.